The molecule has 7 heteroatoms. The van der Waals surface area contributed by atoms with Crippen molar-refractivity contribution in [2.45, 2.75) is 19.8 Å². The molecular weight excluding hydrogens is 326 g/mol. The van der Waals surface area contributed by atoms with Gasteiger partial charge in [0, 0.05) is 44.8 Å². The first kappa shape index (κ1) is 19.6. The monoisotopic (exact) mass is 354 g/mol. The molecule has 140 valence electrons. The van der Waals surface area contributed by atoms with Gasteiger partial charge in [-0.25, -0.2) is 8.78 Å². The summed E-state index contributed by atoms with van der Waals surface area (Å²) in [6.07, 6.45) is 1.25. The highest BCUT2D eigenvalue weighted by Gasteiger charge is 2.10. The molecule has 1 aromatic rings. The number of guanidine groups is 1. The summed E-state index contributed by atoms with van der Waals surface area (Å²) >= 11 is 0. The second kappa shape index (κ2) is 11.0. The minimum Gasteiger partial charge on any atom is -0.379 e. The number of benzene rings is 1. The molecule has 1 aliphatic heterocycles. The maximum absolute atomic E-state index is 13.6. The van der Waals surface area contributed by atoms with Gasteiger partial charge in [0.15, 0.2) is 5.96 Å². The van der Waals surface area contributed by atoms with Crippen molar-refractivity contribution in [3.63, 3.8) is 0 Å². The molecule has 5 nitrogen and oxygen atoms in total. The molecule has 0 radical (unpaired) electrons. The number of hydrogen-bond donors (Lipinski definition) is 2. The fourth-order valence-electron chi connectivity index (χ4n) is 2.73. The second-order valence-electron chi connectivity index (χ2n) is 5.95. The normalized spacial score (nSPS) is 16.0. The number of rotatable bonds is 8. The molecule has 0 unspecified atom stereocenters. The zero-order valence-electron chi connectivity index (χ0n) is 14.9. The minimum atomic E-state index is -0.505. The molecule has 0 saturated carbocycles. The van der Waals surface area contributed by atoms with Crippen molar-refractivity contribution < 1.29 is 13.5 Å². The summed E-state index contributed by atoms with van der Waals surface area (Å²) in [5.41, 5.74) is 0.109. The van der Waals surface area contributed by atoms with E-state index in [2.05, 4.69) is 20.5 Å². The van der Waals surface area contributed by atoms with Gasteiger partial charge in [-0.2, -0.15) is 0 Å². The van der Waals surface area contributed by atoms with E-state index in [0.717, 1.165) is 45.8 Å². The summed E-state index contributed by atoms with van der Waals surface area (Å²) in [6.45, 7) is 8.44. The first-order chi connectivity index (χ1) is 12.2. The third kappa shape index (κ3) is 6.96. The first-order valence-corrected chi connectivity index (χ1v) is 8.96. The number of halogens is 2. The average Bonchev–Trinajstić information content (AvgIpc) is 2.62. The Labute approximate surface area is 148 Å². The van der Waals surface area contributed by atoms with E-state index in [1.54, 1.807) is 0 Å². The van der Waals surface area contributed by atoms with Crippen LogP contribution in [-0.2, 0) is 11.2 Å². The zero-order valence-corrected chi connectivity index (χ0v) is 14.9. The van der Waals surface area contributed by atoms with Crippen LogP contribution in [-0.4, -0.2) is 63.3 Å². The highest BCUT2D eigenvalue weighted by atomic mass is 19.1. The van der Waals surface area contributed by atoms with Gasteiger partial charge in [0.25, 0.3) is 0 Å². The smallest absolute Gasteiger partial charge is 0.191 e. The quantitative estimate of drug-likeness (QED) is 0.425. The Balaban J connectivity index is 1.73. The van der Waals surface area contributed by atoms with Crippen LogP contribution in [0.15, 0.2) is 23.2 Å². The van der Waals surface area contributed by atoms with Crippen LogP contribution in [0.3, 0.4) is 0 Å². The fraction of sp³-hybridized carbons (Fsp3) is 0.611. The van der Waals surface area contributed by atoms with Gasteiger partial charge in [0.05, 0.1) is 13.2 Å². The molecule has 0 aliphatic carbocycles. The van der Waals surface area contributed by atoms with Crippen LogP contribution in [0.2, 0.25) is 0 Å². The summed E-state index contributed by atoms with van der Waals surface area (Å²) in [5.74, 6) is -0.329. The molecule has 0 aromatic heterocycles. The fourth-order valence-corrected chi connectivity index (χ4v) is 2.73. The van der Waals surface area contributed by atoms with Crippen LogP contribution in [0.1, 0.15) is 18.9 Å². The van der Waals surface area contributed by atoms with Crippen molar-refractivity contribution in [1.29, 1.82) is 0 Å². The maximum Gasteiger partial charge on any atom is 0.191 e. The van der Waals surface area contributed by atoms with Gasteiger partial charge >= 0.3 is 0 Å². The molecule has 0 spiro atoms. The van der Waals surface area contributed by atoms with Crippen LogP contribution in [0.4, 0.5) is 8.78 Å². The Morgan fingerprint density at radius 2 is 1.92 bits per heavy atom. The molecule has 2 N–H and O–H groups in total. The van der Waals surface area contributed by atoms with Gasteiger partial charge in [0.1, 0.15) is 11.6 Å². The molecule has 25 heavy (non-hydrogen) atoms. The number of aliphatic imine (C=N–C) groups is 1. The maximum atomic E-state index is 13.6. The van der Waals surface area contributed by atoms with Crippen molar-refractivity contribution in [3.8, 4) is 0 Å². The Bertz CT molecular complexity index is 528. The van der Waals surface area contributed by atoms with Crippen LogP contribution in [0.25, 0.3) is 0 Å². The van der Waals surface area contributed by atoms with E-state index in [1.165, 1.54) is 18.2 Å². The van der Waals surface area contributed by atoms with Crippen LogP contribution in [0, 0.1) is 11.6 Å². The van der Waals surface area contributed by atoms with E-state index in [-0.39, 0.29) is 12.0 Å². The molecule has 1 saturated heterocycles. The van der Waals surface area contributed by atoms with E-state index in [0.29, 0.717) is 19.0 Å². The van der Waals surface area contributed by atoms with Crippen molar-refractivity contribution in [2.24, 2.45) is 4.99 Å². The molecule has 0 amide bonds. The van der Waals surface area contributed by atoms with Gasteiger partial charge in [-0.3, -0.25) is 9.89 Å². The van der Waals surface area contributed by atoms with E-state index >= 15 is 0 Å². The molecule has 0 bridgehead atoms. The SMILES string of the molecule is CCNC(=NCCCN1CCOCC1)NCCc1c(F)cccc1F. The Morgan fingerprint density at radius 1 is 1.20 bits per heavy atom. The highest BCUT2D eigenvalue weighted by Crippen LogP contribution is 2.11. The van der Waals surface area contributed by atoms with Crippen molar-refractivity contribution in [3.05, 3.63) is 35.4 Å². The number of nitrogens with zero attached hydrogens (tertiary/aromatic N) is 2. The largest absolute Gasteiger partial charge is 0.379 e. The Hall–Kier alpha value is -1.73. The van der Waals surface area contributed by atoms with E-state index < -0.39 is 11.6 Å². The molecular formula is C18H28F2N4O. The lowest BCUT2D eigenvalue weighted by Gasteiger charge is -2.26. The van der Waals surface area contributed by atoms with Gasteiger partial charge in [-0.15, -0.1) is 0 Å². The first-order valence-electron chi connectivity index (χ1n) is 8.96. The van der Waals surface area contributed by atoms with Gasteiger partial charge in [0.2, 0.25) is 0 Å². The number of morpholine rings is 1. The molecule has 0 atom stereocenters. The minimum absolute atomic E-state index is 0.109. The summed E-state index contributed by atoms with van der Waals surface area (Å²) in [5, 5.41) is 6.29. The molecule has 1 fully saturated rings. The second-order valence-corrected chi connectivity index (χ2v) is 5.95. The predicted octanol–water partition coefficient (Wildman–Crippen LogP) is 1.78. The molecule has 1 heterocycles. The topological polar surface area (TPSA) is 48.9 Å². The molecule has 1 aromatic carbocycles. The van der Waals surface area contributed by atoms with Gasteiger partial charge in [-0.05, 0) is 31.9 Å². The predicted molar refractivity (Wildman–Crippen MR) is 95.9 cm³/mol. The van der Waals surface area contributed by atoms with Crippen molar-refractivity contribution in [1.82, 2.24) is 15.5 Å². The lowest BCUT2D eigenvalue weighted by atomic mass is 10.1. The summed E-state index contributed by atoms with van der Waals surface area (Å²) in [6, 6.07) is 3.94. The van der Waals surface area contributed by atoms with Crippen LogP contribution >= 0.6 is 0 Å². The van der Waals surface area contributed by atoms with E-state index in [9.17, 15) is 8.78 Å². The van der Waals surface area contributed by atoms with Crippen molar-refractivity contribution >= 4 is 5.96 Å². The van der Waals surface area contributed by atoms with E-state index in [4.69, 9.17) is 4.74 Å². The third-order valence-corrected chi connectivity index (χ3v) is 4.08. The van der Waals surface area contributed by atoms with E-state index in [1.807, 2.05) is 6.92 Å². The lowest BCUT2D eigenvalue weighted by molar-refractivity contribution is 0.0377. The van der Waals surface area contributed by atoms with Gasteiger partial charge < -0.3 is 15.4 Å². The third-order valence-electron chi connectivity index (χ3n) is 4.08. The number of hydrogen-bond acceptors (Lipinski definition) is 3. The van der Waals surface area contributed by atoms with Crippen LogP contribution in [0.5, 0.6) is 0 Å². The zero-order chi connectivity index (χ0) is 17.9. The van der Waals surface area contributed by atoms with Crippen molar-refractivity contribution in [2.75, 3.05) is 52.5 Å². The van der Waals surface area contributed by atoms with Gasteiger partial charge in [-0.1, -0.05) is 6.07 Å². The molecule has 2 rings (SSSR count). The lowest BCUT2D eigenvalue weighted by Crippen LogP contribution is -2.39. The van der Waals surface area contributed by atoms with Crippen LogP contribution < -0.4 is 10.6 Å². The summed E-state index contributed by atoms with van der Waals surface area (Å²) in [4.78, 5) is 6.90. The number of nitrogens with one attached hydrogen (secondary N) is 2. The summed E-state index contributed by atoms with van der Waals surface area (Å²) in [7, 11) is 0. The number of ether oxygens (including phenoxy) is 1. The average molecular weight is 354 g/mol. The Morgan fingerprint density at radius 3 is 2.60 bits per heavy atom. The standard InChI is InChI=1S/C18H28F2N4O/c1-2-21-18(22-8-4-10-24-11-13-25-14-12-24)23-9-7-15-16(19)5-3-6-17(15)20/h3,5-6H,2,4,7-14H2,1H3,(H2,21,22,23). The Kier molecular flexibility index (Phi) is 8.62. The highest BCUT2D eigenvalue weighted by molar-refractivity contribution is 5.79. The summed E-state index contributed by atoms with van der Waals surface area (Å²) < 4.78 is 32.6. The molecule has 1 aliphatic rings.